The van der Waals surface area contributed by atoms with E-state index in [1.165, 1.54) is 10.6 Å². The molecular weight excluding hydrogens is 218 g/mol. The van der Waals surface area contributed by atoms with E-state index in [-0.39, 0.29) is 11.1 Å². The van der Waals surface area contributed by atoms with Gasteiger partial charge in [-0.05, 0) is 26.0 Å². The van der Waals surface area contributed by atoms with Crippen LogP contribution in [0.2, 0.25) is 0 Å². The van der Waals surface area contributed by atoms with Crippen LogP contribution in [0, 0.1) is 25.2 Å². The van der Waals surface area contributed by atoms with Crippen molar-refractivity contribution in [1.82, 2.24) is 9.72 Å². The molecule has 2 rings (SSSR count). The summed E-state index contributed by atoms with van der Waals surface area (Å²) < 4.78 is 6.51. The number of nitrogens with zero attached hydrogens (tertiary/aromatic N) is 3. The van der Waals surface area contributed by atoms with Gasteiger partial charge in [0.2, 0.25) is 0 Å². The summed E-state index contributed by atoms with van der Waals surface area (Å²) >= 11 is 0. The van der Waals surface area contributed by atoms with Crippen LogP contribution in [-0.2, 0) is 6.54 Å². The van der Waals surface area contributed by atoms with E-state index in [1.54, 1.807) is 19.2 Å². The van der Waals surface area contributed by atoms with Gasteiger partial charge < -0.3 is 9.09 Å². The van der Waals surface area contributed by atoms with Crippen molar-refractivity contribution in [2.45, 2.75) is 20.4 Å². The monoisotopic (exact) mass is 229 g/mol. The summed E-state index contributed by atoms with van der Waals surface area (Å²) in [5.74, 6) is 0.691. The van der Waals surface area contributed by atoms with E-state index in [1.807, 2.05) is 13.0 Å². The van der Waals surface area contributed by atoms with Crippen LogP contribution in [0.15, 0.2) is 27.6 Å². The molecule has 5 nitrogen and oxygen atoms in total. The second-order valence-corrected chi connectivity index (χ2v) is 3.77. The summed E-state index contributed by atoms with van der Waals surface area (Å²) in [6, 6.07) is 5.06. The van der Waals surface area contributed by atoms with Crippen LogP contribution in [0.5, 0.6) is 0 Å². The lowest BCUT2D eigenvalue weighted by Crippen LogP contribution is -2.22. The molecule has 2 aromatic rings. The normalized spacial score (nSPS) is 10.2. The molecule has 0 saturated carbocycles. The topological polar surface area (TPSA) is 71.8 Å². The van der Waals surface area contributed by atoms with E-state index in [4.69, 9.17) is 9.78 Å². The zero-order valence-electron chi connectivity index (χ0n) is 9.60. The lowest BCUT2D eigenvalue weighted by molar-refractivity contribution is 0.392. The van der Waals surface area contributed by atoms with Crippen LogP contribution < -0.4 is 5.56 Å². The van der Waals surface area contributed by atoms with Crippen LogP contribution in [-0.4, -0.2) is 9.72 Å². The Bertz CT molecular complexity index is 627. The zero-order chi connectivity index (χ0) is 12.4. The predicted molar refractivity (Wildman–Crippen MR) is 60.5 cm³/mol. The van der Waals surface area contributed by atoms with E-state index in [0.29, 0.717) is 12.3 Å². The minimum Gasteiger partial charge on any atom is -0.361 e. The maximum absolute atomic E-state index is 11.8. The molecule has 86 valence electrons. The fraction of sp³-hybridized carbons (Fsp3) is 0.250. The number of aromatic nitrogens is 2. The van der Waals surface area contributed by atoms with E-state index < -0.39 is 0 Å². The summed E-state index contributed by atoms with van der Waals surface area (Å²) in [7, 11) is 0. The fourth-order valence-electron chi connectivity index (χ4n) is 1.64. The molecule has 0 bridgehead atoms. The lowest BCUT2D eigenvalue weighted by Gasteiger charge is -2.04. The number of pyridine rings is 1. The molecule has 0 aliphatic carbocycles. The minimum absolute atomic E-state index is 0.138. The standard InChI is InChI=1S/C12H11N3O2/c1-8-11(9(2)17-14-8)7-15-5-3-4-10(6-13)12(15)16/h3-5H,7H2,1-2H3. The Morgan fingerprint density at radius 3 is 2.88 bits per heavy atom. The summed E-state index contributed by atoms with van der Waals surface area (Å²) in [6.07, 6.45) is 1.65. The lowest BCUT2D eigenvalue weighted by atomic mass is 10.2. The first-order valence-electron chi connectivity index (χ1n) is 5.14. The van der Waals surface area contributed by atoms with E-state index in [9.17, 15) is 4.79 Å². The maximum atomic E-state index is 11.8. The van der Waals surface area contributed by atoms with E-state index in [2.05, 4.69) is 5.16 Å². The number of nitriles is 1. The maximum Gasteiger partial charge on any atom is 0.268 e. The van der Waals surface area contributed by atoms with Gasteiger partial charge >= 0.3 is 0 Å². The Kier molecular flexibility index (Phi) is 2.79. The third-order valence-corrected chi connectivity index (χ3v) is 2.65. The third-order valence-electron chi connectivity index (χ3n) is 2.65. The Morgan fingerprint density at radius 2 is 2.29 bits per heavy atom. The molecule has 0 unspecified atom stereocenters. The summed E-state index contributed by atoms with van der Waals surface area (Å²) in [5.41, 5.74) is 1.48. The van der Waals surface area contributed by atoms with Gasteiger partial charge in [0.15, 0.2) is 0 Å². The van der Waals surface area contributed by atoms with Crippen molar-refractivity contribution < 1.29 is 4.52 Å². The molecular formula is C12H11N3O2. The molecule has 0 aliphatic rings. The van der Waals surface area contributed by atoms with Crippen molar-refractivity contribution in [3.8, 4) is 6.07 Å². The molecule has 2 heterocycles. The van der Waals surface area contributed by atoms with Crippen LogP contribution in [0.25, 0.3) is 0 Å². The van der Waals surface area contributed by atoms with Crippen LogP contribution in [0.3, 0.4) is 0 Å². The summed E-state index contributed by atoms with van der Waals surface area (Å²) in [5, 5.41) is 12.6. The molecule has 0 fully saturated rings. The molecule has 0 aromatic carbocycles. The van der Waals surface area contributed by atoms with Crippen LogP contribution >= 0.6 is 0 Å². The van der Waals surface area contributed by atoms with Gasteiger partial charge in [-0.15, -0.1) is 0 Å². The van der Waals surface area contributed by atoms with Crippen molar-refractivity contribution in [3.05, 3.63) is 51.3 Å². The Labute approximate surface area is 97.9 Å². The van der Waals surface area contributed by atoms with Crippen molar-refractivity contribution in [3.63, 3.8) is 0 Å². The molecule has 0 aliphatic heterocycles. The fourth-order valence-corrected chi connectivity index (χ4v) is 1.64. The first-order valence-corrected chi connectivity index (χ1v) is 5.14. The highest BCUT2D eigenvalue weighted by Gasteiger charge is 2.11. The Balaban J connectivity index is 2.45. The molecule has 0 spiro atoms. The predicted octanol–water partition coefficient (Wildman–Crippen LogP) is 1.37. The molecule has 5 heteroatoms. The SMILES string of the molecule is Cc1noc(C)c1Cn1cccc(C#N)c1=O. The quantitative estimate of drug-likeness (QED) is 0.779. The van der Waals surface area contributed by atoms with E-state index in [0.717, 1.165) is 11.3 Å². The molecule has 2 aromatic heterocycles. The van der Waals surface area contributed by atoms with Gasteiger partial charge in [0.25, 0.3) is 5.56 Å². The average Bonchev–Trinajstić information content (AvgIpc) is 2.63. The van der Waals surface area contributed by atoms with Crippen molar-refractivity contribution in [1.29, 1.82) is 5.26 Å². The van der Waals surface area contributed by atoms with Crippen molar-refractivity contribution in [2.75, 3.05) is 0 Å². The highest BCUT2D eigenvalue weighted by molar-refractivity contribution is 5.27. The highest BCUT2D eigenvalue weighted by atomic mass is 16.5. The average molecular weight is 229 g/mol. The number of hydrogen-bond donors (Lipinski definition) is 0. The van der Waals surface area contributed by atoms with Gasteiger partial charge in [-0.25, -0.2) is 0 Å². The molecule has 0 atom stereocenters. The summed E-state index contributed by atoms with van der Waals surface area (Å²) in [6.45, 7) is 4.00. The van der Waals surface area contributed by atoms with Gasteiger partial charge in [0, 0.05) is 11.8 Å². The third kappa shape index (κ3) is 1.97. The highest BCUT2D eigenvalue weighted by Crippen LogP contribution is 2.12. The number of aryl methyl sites for hydroxylation is 2. The van der Waals surface area contributed by atoms with Crippen molar-refractivity contribution in [2.24, 2.45) is 0 Å². The first kappa shape index (κ1) is 11.1. The largest absolute Gasteiger partial charge is 0.361 e. The minimum atomic E-state index is -0.296. The number of rotatable bonds is 2. The van der Waals surface area contributed by atoms with Gasteiger partial charge in [-0.3, -0.25) is 4.79 Å². The Hall–Kier alpha value is -2.35. The summed E-state index contributed by atoms with van der Waals surface area (Å²) in [4.78, 5) is 11.8. The molecule has 0 N–H and O–H groups in total. The molecule has 0 saturated heterocycles. The smallest absolute Gasteiger partial charge is 0.268 e. The van der Waals surface area contributed by atoms with Gasteiger partial charge in [-0.2, -0.15) is 5.26 Å². The van der Waals surface area contributed by atoms with Crippen LogP contribution in [0.1, 0.15) is 22.6 Å². The zero-order valence-corrected chi connectivity index (χ0v) is 9.60. The van der Waals surface area contributed by atoms with Gasteiger partial charge in [-0.1, -0.05) is 5.16 Å². The second kappa shape index (κ2) is 4.26. The number of hydrogen-bond acceptors (Lipinski definition) is 4. The second-order valence-electron chi connectivity index (χ2n) is 3.77. The first-order chi connectivity index (χ1) is 8.13. The van der Waals surface area contributed by atoms with Crippen molar-refractivity contribution >= 4 is 0 Å². The Morgan fingerprint density at radius 1 is 1.53 bits per heavy atom. The molecule has 0 radical (unpaired) electrons. The van der Waals surface area contributed by atoms with E-state index >= 15 is 0 Å². The van der Waals surface area contributed by atoms with Crippen LogP contribution in [0.4, 0.5) is 0 Å². The molecule has 17 heavy (non-hydrogen) atoms. The van der Waals surface area contributed by atoms with Gasteiger partial charge in [0.1, 0.15) is 17.4 Å². The molecule has 0 amide bonds. The van der Waals surface area contributed by atoms with Gasteiger partial charge in [0.05, 0.1) is 12.2 Å².